The molecule has 0 radical (unpaired) electrons. The van der Waals surface area contributed by atoms with Gasteiger partial charge in [0.1, 0.15) is 0 Å². The van der Waals surface area contributed by atoms with Gasteiger partial charge in [-0.3, -0.25) is 0 Å². The number of rotatable bonds is 7. The quantitative estimate of drug-likeness (QED) is 0.804. The second kappa shape index (κ2) is 8.19. The van der Waals surface area contributed by atoms with E-state index in [4.69, 9.17) is 5.11 Å². The fourth-order valence-corrected chi connectivity index (χ4v) is 1.76. The van der Waals surface area contributed by atoms with Crippen molar-refractivity contribution in [2.75, 3.05) is 20.1 Å². The molecule has 1 aromatic carbocycles. The van der Waals surface area contributed by atoms with Crippen LogP contribution in [0.5, 0.6) is 0 Å². The first kappa shape index (κ1) is 16.0. The van der Waals surface area contributed by atoms with Crippen molar-refractivity contribution in [2.45, 2.75) is 26.2 Å². The Morgan fingerprint density at radius 1 is 1.25 bits per heavy atom. The standard InChI is InChI=1S/C15H22N2O3/c1-3-4-11-17(2)15(20)16-10-9-12-5-7-13(8-6-12)14(18)19/h5-8H,3-4,9-11H2,1-2H3,(H,16,20)(H,18,19). The van der Waals surface area contributed by atoms with Gasteiger partial charge in [-0.1, -0.05) is 25.5 Å². The Morgan fingerprint density at radius 3 is 2.45 bits per heavy atom. The average molecular weight is 278 g/mol. The second-order valence-electron chi connectivity index (χ2n) is 4.76. The van der Waals surface area contributed by atoms with Gasteiger partial charge in [-0.2, -0.15) is 0 Å². The zero-order chi connectivity index (χ0) is 15.0. The zero-order valence-corrected chi connectivity index (χ0v) is 12.1. The molecule has 2 amide bonds. The van der Waals surface area contributed by atoms with E-state index < -0.39 is 5.97 Å². The molecule has 0 aliphatic carbocycles. The van der Waals surface area contributed by atoms with Crippen LogP contribution in [0.25, 0.3) is 0 Å². The predicted molar refractivity (Wildman–Crippen MR) is 78.0 cm³/mol. The van der Waals surface area contributed by atoms with Crippen molar-refractivity contribution < 1.29 is 14.7 Å². The van der Waals surface area contributed by atoms with Gasteiger partial charge in [-0.25, -0.2) is 9.59 Å². The Labute approximate surface area is 119 Å². The van der Waals surface area contributed by atoms with Crippen LogP contribution in [0.15, 0.2) is 24.3 Å². The average Bonchev–Trinajstić information content (AvgIpc) is 2.45. The van der Waals surface area contributed by atoms with Gasteiger partial charge < -0.3 is 15.3 Å². The lowest BCUT2D eigenvalue weighted by Crippen LogP contribution is -2.38. The highest BCUT2D eigenvalue weighted by molar-refractivity contribution is 5.87. The molecule has 0 fully saturated rings. The van der Waals surface area contributed by atoms with Gasteiger partial charge in [-0.05, 0) is 30.5 Å². The summed E-state index contributed by atoms with van der Waals surface area (Å²) in [6.45, 7) is 3.39. The summed E-state index contributed by atoms with van der Waals surface area (Å²) < 4.78 is 0. The molecule has 0 aliphatic heterocycles. The number of amides is 2. The number of nitrogens with zero attached hydrogens (tertiary/aromatic N) is 1. The number of aromatic carboxylic acids is 1. The molecule has 1 aromatic rings. The first-order chi connectivity index (χ1) is 9.54. The summed E-state index contributed by atoms with van der Waals surface area (Å²) in [6, 6.07) is 6.63. The molecule has 0 saturated heterocycles. The highest BCUT2D eigenvalue weighted by atomic mass is 16.4. The number of carbonyl (C=O) groups is 2. The first-order valence-electron chi connectivity index (χ1n) is 6.85. The lowest BCUT2D eigenvalue weighted by molar-refractivity contribution is 0.0697. The maximum atomic E-state index is 11.7. The third-order valence-corrected chi connectivity index (χ3v) is 3.08. The third-order valence-electron chi connectivity index (χ3n) is 3.08. The van der Waals surface area contributed by atoms with E-state index in [0.29, 0.717) is 13.0 Å². The molecule has 5 nitrogen and oxygen atoms in total. The lowest BCUT2D eigenvalue weighted by atomic mass is 10.1. The van der Waals surface area contributed by atoms with E-state index in [1.165, 1.54) is 0 Å². The summed E-state index contributed by atoms with van der Waals surface area (Å²) in [5.41, 5.74) is 1.28. The van der Waals surface area contributed by atoms with Crippen LogP contribution < -0.4 is 5.32 Å². The van der Waals surface area contributed by atoms with Crippen molar-refractivity contribution in [3.8, 4) is 0 Å². The number of carboxylic acid groups (broad SMARTS) is 1. The third kappa shape index (κ3) is 5.30. The van der Waals surface area contributed by atoms with Crippen molar-refractivity contribution >= 4 is 12.0 Å². The number of hydrogen-bond donors (Lipinski definition) is 2. The molecule has 0 heterocycles. The fourth-order valence-electron chi connectivity index (χ4n) is 1.76. The number of hydrogen-bond acceptors (Lipinski definition) is 2. The number of nitrogens with one attached hydrogen (secondary N) is 1. The molecule has 20 heavy (non-hydrogen) atoms. The predicted octanol–water partition coefficient (Wildman–Crippen LogP) is 2.37. The van der Waals surface area contributed by atoms with E-state index in [1.807, 2.05) is 0 Å². The minimum absolute atomic E-state index is 0.0689. The second-order valence-corrected chi connectivity index (χ2v) is 4.76. The monoisotopic (exact) mass is 278 g/mol. The summed E-state index contributed by atoms with van der Waals surface area (Å²) in [7, 11) is 1.78. The summed E-state index contributed by atoms with van der Waals surface area (Å²) in [4.78, 5) is 24.1. The van der Waals surface area contributed by atoms with Crippen LogP contribution in [0.4, 0.5) is 4.79 Å². The molecule has 0 bridgehead atoms. The van der Waals surface area contributed by atoms with Crippen molar-refractivity contribution in [2.24, 2.45) is 0 Å². The minimum Gasteiger partial charge on any atom is -0.478 e. The molecule has 0 spiro atoms. The van der Waals surface area contributed by atoms with E-state index >= 15 is 0 Å². The van der Waals surface area contributed by atoms with Gasteiger partial charge in [0.05, 0.1) is 5.56 Å². The van der Waals surface area contributed by atoms with E-state index in [9.17, 15) is 9.59 Å². The molecule has 1 rings (SSSR count). The molecule has 0 atom stereocenters. The van der Waals surface area contributed by atoms with Crippen molar-refractivity contribution in [1.29, 1.82) is 0 Å². The number of urea groups is 1. The van der Waals surface area contributed by atoms with E-state index in [1.54, 1.807) is 36.2 Å². The Balaban J connectivity index is 2.33. The van der Waals surface area contributed by atoms with Gasteiger partial charge in [0.25, 0.3) is 0 Å². The normalized spacial score (nSPS) is 10.1. The molecule has 5 heteroatoms. The largest absolute Gasteiger partial charge is 0.478 e. The van der Waals surface area contributed by atoms with Crippen molar-refractivity contribution in [1.82, 2.24) is 10.2 Å². The smallest absolute Gasteiger partial charge is 0.335 e. The van der Waals surface area contributed by atoms with Gasteiger partial charge in [0.2, 0.25) is 0 Å². The van der Waals surface area contributed by atoms with Crippen LogP contribution in [0.3, 0.4) is 0 Å². The van der Waals surface area contributed by atoms with Gasteiger partial charge in [0.15, 0.2) is 0 Å². The topological polar surface area (TPSA) is 69.6 Å². The highest BCUT2D eigenvalue weighted by Gasteiger charge is 2.07. The Hall–Kier alpha value is -2.04. The van der Waals surface area contributed by atoms with Crippen LogP contribution in [0.1, 0.15) is 35.7 Å². The Bertz CT molecular complexity index is 443. The Kier molecular flexibility index (Phi) is 6.56. The number of carbonyl (C=O) groups excluding carboxylic acids is 1. The molecule has 110 valence electrons. The lowest BCUT2D eigenvalue weighted by Gasteiger charge is -2.17. The van der Waals surface area contributed by atoms with Crippen molar-refractivity contribution in [3.63, 3.8) is 0 Å². The van der Waals surface area contributed by atoms with Crippen LogP contribution in [0, 0.1) is 0 Å². The molecular weight excluding hydrogens is 256 g/mol. The van der Waals surface area contributed by atoms with Crippen LogP contribution in [0.2, 0.25) is 0 Å². The molecule has 0 saturated carbocycles. The van der Waals surface area contributed by atoms with Gasteiger partial charge in [-0.15, -0.1) is 0 Å². The molecule has 0 aliphatic rings. The summed E-state index contributed by atoms with van der Waals surface area (Å²) in [6.07, 6.45) is 2.75. The summed E-state index contributed by atoms with van der Waals surface area (Å²) >= 11 is 0. The van der Waals surface area contributed by atoms with Gasteiger partial charge >= 0.3 is 12.0 Å². The highest BCUT2D eigenvalue weighted by Crippen LogP contribution is 2.04. The number of unbranched alkanes of at least 4 members (excludes halogenated alkanes) is 1. The summed E-state index contributed by atoms with van der Waals surface area (Å²) in [5.74, 6) is -0.928. The van der Waals surface area contributed by atoms with Crippen LogP contribution in [-0.2, 0) is 6.42 Å². The van der Waals surface area contributed by atoms with E-state index in [0.717, 1.165) is 24.9 Å². The molecule has 2 N–H and O–H groups in total. The molecular formula is C15H22N2O3. The number of benzene rings is 1. The fraction of sp³-hybridized carbons (Fsp3) is 0.467. The number of carboxylic acids is 1. The summed E-state index contributed by atoms with van der Waals surface area (Å²) in [5, 5.41) is 11.6. The zero-order valence-electron chi connectivity index (χ0n) is 12.1. The van der Waals surface area contributed by atoms with Crippen molar-refractivity contribution in [3.05, 3.63) is 35.4 Å². The van der Waals surface area contributed by atoms with Crippen LogP contribution in [-0.4, -0.2) is 42.1 Å². The van der Waals surface area contributed by atoms with E-state index in [-0.39, 0.29) is 11.6 Å². The maximum absolute atomic E-state index is 11.7. The maximum Gasteiger partial charge on any atom is 0.335 e. The van der Waals surface area contributed by atoms with E-state index in [2.05, 4.69) is 12.2 Å². The minimum atomic E-state index is -0.928. The first-order valence-corrected chi connectivity index (χ1v) is 6.85. The Morgan fingerprint density at radius 2 is 1.90 bits per heavy atom. The molecule has 0 aromatic heterocycles. The van der Waals surface area contributed by atoms with Crippen LogP contribution >= 0.6 is 0 Å². The SMILES string of the molecule is CCCCN(C)C(=O)NCCc1ccc(C(=O)O)cc1. The van der Waals surface area contributed by atoms with Gasteiger partial charge in [0, 0.05) is 20.1 Å². The molecule has 0 unspecified atom stereocenters.